The van der Waals surface area contributed by atoms with Gasteiger partial charge in [0.15, 0.2) is 0 Å². The summed E-state index contributed by atoms with van der Waals surface area (Å²) in [5, 5.41) is 58.2. The lowest BCUT2D eigenvalue weighted by Crippen LogP contribution is -2.46. The maximum Gasteiger partial charge on any atom is 0.371 e. The van der Waals surface area contributed by atoms with E-state index < -0.39 is 64.4 Å². The van der Waals surface area contributed by atoms with E-state index in [4.69, 9.17) is 50.2 Å². The number of aliphatic hydroxyl groups excluding tert-OH is 6. The highest BCUT2D eigenvalue weighted by Gasteiger charge is 2.59. The van der Waals surface area contributed by atoms with Crippen molar-refractivity contribution in [2.45, 2.75) is 36.0 Å². The Labute approximate surface area is 158 Å². The highest BCUT2D eigenvalue weighted by Crippen LogP contribution is 2.67. The molecule has 17 heteroatoms. The fourth-order valence-corrected chi connectivity index (χ4v) is 3.70. The molecule has 0 saturated carbocycles. The largest absolute Gasteiger partial charge is 0.394 e. The average molecular weight is 454 g/mol. The zero-order chi connectivity index (χ0) is 22.3. The summed E-state index contributed by atoms with van der Waals surface area (Å²) in [6, 6.07) is 0. The normalized spacial score (nSPS) is 17.2. The SMILES string of the molecule is O=P(O)(O)C(O)(Cn1ccnc1)P(=O)(O)O.OC[C@@H](O)[C@@H](O)[C@H](O)[C@@H](O)CO. The molecule has 0 aliphatic carbocycles. The third kappa shape index (κ3) is 7.24. The van der Waals surface area contributed by atoms with E-state index in [1.807, 2.05) is 0 Å². The third-order valence-electron chi connectivity index (χ3n) is 3.40. The Kier molecular flexibility index (Phi) is 10.6. The van der Waals surface area contributed by atoms with E-state index in [1.165, 1.54) is 12.4 Å². The van der Waals surface area contributed by atoms with Crippen LogP contribution >= 0.6 is 15.2 Å². The first-order valence-electron chi connectivity index (χ1n) is 7.35. The van der Waals surface area contributed by atoms with Crippen LogP contribution in [0, 0.1) is 0 Å². The highest BCUT2D eigenvalue weighted by molar-refractivity contribution is 7.72. The van der Waals surface area contributed by atoms with Crippen molar-refractivity contribution in [2.75, 3.05) is 13.2 Å². The Bertz CT molecular complexity index is 623. The lowest BCUT2D eigenvalue weighted by Gasteiger charge is -2.29. The Balaban J connectivity index is 0.000000546. The second kappa shape index (κ2) is 10.8. The Morgan fingerprint density at radius 1 is 0.893 bits per heavy atom. The van der Waals surface area contributed by atoms with Gasteiger partial charge in [-0.05, 0) is 0 Å². The van der Waals surface area contributed by atoms with Gasteiger partial charge in [0.2, 0.25) is 0 Å². The minimum atomic E-state index is -5.41. The van der Waals surface area contributed by atoms with E-state index in [0.29, 0.717) is 0 Å². The van der Waals surface area contributed by atoms with Crippen LogP contribution in [0.25, 0.3) is 0 Å². The quantitative estimate of drug-likeness (QED) is 0.156. The van der Waals surface area contributed by atoms with Gasteiger partial charge >= 0.3 is 15.2 Å². The number of rotatable bonds is 9. The molecule has 11 N–H and O–H groups in total. The second-order valence-electron chi connectivity index (χ2n) is 5.58. The molecule has 0 fully saturated rings. The van der Waals surface area contributed by atoms with Gasteiger partial charge in [0.05, 0.1) is 26.1 Å². The maximum absolute atomic E-state index is 10.9. The molecule has 15 nitrogen and oxygen atoms in total. The van der Waals surface area contributed by atoms with E-state index in [0.717, 1.165) is 10.9 Å². The van der Waals surface area contributed by atoms with Gasteiger partial charge in [0.25, 0.3) is 5.08 Å². The molecular formula is C11H24N2O13P2. The fourth-order valence-electron chi connectivity index (χ4n) is 1.65. The molecule has 0 aliphatic rings. The molecule has 4 atom stereocenters. The van der Waals surface area contributed by atoms with Gasteiger partial charge in [-0.2, -0.15) is 0 Å². The Morgan fingerprint density at radius 3 is 1.54 bits per heavy atom. The molecule has 1 aromatic heterocycles. The summed E-state index contributed by atoms with van der Waals surface area (Å²) in [7, 11) is -10.8. The predicted molar refractivity (Wildman–Crippen MR) is 89.5 cm³/mol. The smallest absolute Gasteiger partial charge is 0.371 e. The minimum absolute atomic E-state index is 0.726. The molecule has 166 valence electrons. The zero-order valence-corrected chi connectivity index (χ0v) is 16.0. The van der Waals surface area contributed by atoms with Crippen LogP contribution in [0.4, 0.5) is 0 Å². The van der Waals surface area contributed by atoms with Gasteiger partial charge in [0, 0.05) is 12.4 Å². The van der Waals surface area contributed by atoms with Crippen LogP contribution in [0.1, 0.15) is 0 Å². The number of aromatic nitrogens is 2. The van der Waals surface area contributed by atoms with Crippen LogP contribution in [0.2, 0.25) is 0 Å². The molecule has 0 saturated heterocycles. The zero-order valence-electron chi connectivity index (χ0n) is 14.2. The van der Waals surface area contributed by atoms with E-state index in [1.54, 1.807) is 0 Å². The van der Waals surface area contributed by atoms with Crippen molar-refractivity contribution in [2.24, 2.45) is 0 Å². The lowest BCUT2D eigenvalue weighted by atomic mass is 10.0. The van der Waals surface area contributed by atoms with E-state index in [-0.39, 0.29) is 0 Å². The van der Waals surface area contributed by atoms with Gasteiger partial charge in [-0.3, -0.25) is 9.13 Å². The van der Waals surface area contributed by atoms with E-state index >= 15 is 0 Å². The monoisotopic (exact) mass is 454 g/mol. The van der Waals surface area contributed by atoms with Crippen molar-refractivity contribution in [1.29, 1.82) is 0 Å². The van der Waals surface area contributed by atoms with Crippen LogP contribution in [0.3, 0.4) is 0 Å². The summed E-state index contributed by atoms with van der Waals surface area (Å²) in [5.74, 6) is 0. The molecule has 0 spiro atoms. The second-order valence-corrected chi connectivity index (χ2v) is 9.59. The van der Waals surface area contributed by atoms with Gasteiger partial charge in [-0.1, -0.05) is 0 Å². The molecule has 0 bridgehead atoms. The number of nitrogens with zero attached hydrogens (tertiary/aromatic N) is 2. The number of aliphatic hydroxyl groups is 7. The molecule has 1 heterocycles. The molecule has 28 heavy (non-hydrogen) atoms. The van der Waals surface area contributed by atoms with Crippen LogP contribution in [0.15, 0.2) is 18.7 Å². The highest BCUT2D eigenvalue weighted by atomic mass is 31.2. The van der Waals surface area contributed by atoms with E-state index in [9.17, 15) is 14.2 Å². The summed E-state index contributed by atoms with van der Waals surface area (Å²) < 4.78 is 22.8. The van der Waals surface area contributed by atoms with Gasteiger partial charge in [-0.25, -0.2) is 4.98 Å². The number of imidazole rings is 1. The third-order valence-corrected chi connectivity index (χ3v) is 7.11. The fraction of sp³-hybridized carbons (Fsp3) is 0.727. The first kappa shape index (κ1) is 27.2. The minimum Gasteiger partial charge on any atom is -0.394 e. The molecular weight excluding hydrogens is 430 g/mol. The first-order chi connectivity index (χ1) is 12.6. The van der Waals surface area contributed by atoms with Crippen LogP contribution in [0.5, 0.6) is 0 Å². The molecule has 0 radical (unpaired) electrons. The molecule has 1 aromatic rings. The number of hydrogen-bond donors (Lipinski definition) is 11. The van der Waals surface area contributed by atoms with Crippen molar-refractivity contribution >= 4 is 15.2 Å². The van der Waals surface area contributed by atoms with Crippen molar-refractivity contribution < 1.29 is 64.4 Å². The molecule has 1 rings (SSSR count). The first-order valence-corrected chi connectivity index (χ1v) is 10.6. The molecule has 0 unspecified atom stereocenters. The van der Waals surface area contributed by atoms with Gasteiger partial charge < -0.3 is 59.9 Å². The van der Waals surface area contributed by atoms with E-state index in [2.05, 4.69) is 4.98 Å². The standard InChI is InChI=1S/C6H14O6.C5H10N2O7P2/c7-1-3(9)5(11)6(12)4(10)2-8;8-5(15(9,10)11,16(12,13)14)3-7-2-1-6-4-7/h3-12H,1-2H2;1-2,4,8H,3H2,(H2,9,10,11)(H2,12,13,14)/t3-,4+,5-,6-;/m1./s1. The molecule has 0 aliphatic heterocycles. The molecule has 0 amide bonds. The van der Waals surface area contributed by atoms with Crippen LogP contribution < -0.4 is 0 Å². The maximum atomic E-state index is 10.9. The predicted octanol–water partition coefficient (Wildman–Crippen LogP) is -4.70. The van der Waals surface area contributed by atoms with Crippen molar-refractivity contribution in [3.63, 3.8) is 0 Å². The summed E-state index contributed by atoms with van der Waals surface area (Å²) >= 11 is 0. The Hall–Kier alpha value is -0.770. The Morgan fingerprint density at radius 2 is 1.29 bits per heavy atom. The van der Waals surface area contributed by atoms with Crippen LogP contribution in [-0.4, -0.2) is 108 Å². The summed E-state index contributed by atoms with van der Waals surface area (Å²) in [4.78, 5) is 38.7. The van der Waals surface area contributed by atoms with Crippen molar-refractivity contribution in [3.8, 4) is 0 Å². The van der Waals surface area contributed by atoms with Crippen molar-refractivity contribution in [1.82, 2.24) is 9.55 Å². The van der Waals surface area contributed by atoms with Gasteiger partial charge in [0.1, 0.15) is 24.4 Å². The van der Waals surface area contributed by atoms with Crippen LogP contribution in [-0.2, 0) is 15.7 Å². The lowest BCUT2D eigenvalue weighted by molar-refractivity contribution is -0.123. The molecule has 0 aromatic carbocycles. The topological polar surface area (TPSA) is 274 Å². The van der Waals surface area contributed by atoms with Crippen molar-refractivity contribution in [3.05, 3.63) is 18.7 Å². The summed E-state index contributed by atoms with van der Waals surface area (Å²) in [6.07, 6.45) is -2.89. The summed E-state index contributed by atoms with van der Waals surface area (Å²) in [5.41, 5.74) is 0. The number of hydrogen-bond acceptors (Lipinski definition) is 10. The van der Waals surface area contributed by atoms with Gasteiger partial charge in [-0.15, -0.1) is 0 Å². The summed E-state index contributed by atoms with van der Waals surface area (Å²) in [6.45, 7) is -2.41. The average Bonchev–Trinajstić information content (AvgIpc) is 3.10.